The summed E-state index contributed by atoms with van der Waals surface area (Å²) in [5.41, 5.74) is -0.603. The Bertz CT molecular complexity index is 896. The second-order valence-electron chi connectivity index (χ2n) is 9.10. The molecular weight excluding hydrogens is 441 g/mol. The highest BCUT2D eigenvalue weighted by molar-refractivity contribution is 6.31. The molecule has 0 bridgehead atoms. The highest BCUT2D eigenvalue weighted by Crippen LogP contribution is 2.40. The quantitative estimate of drug-likeness (QED) is 0.606. The number of likely N-dealkylation sites (tertiary alicyclic amines) is 1. The van der Waals surface area contributed by atoms with Gasteiger partial charge in [0, 0.05) is 19.1 Å². The lowest BCUT2D eigenvalue weighted by Crippen LogP contribution is -2.55. The third-order valence-electron chi connectivity index (χ3n) is 7.09. The van der Waals surface area contributed by atoms with Crippen molar-refractivity contribution in [2.45, 2.75) is 63.7 Å². The first kappa shape index (κ1) is 23.1. The number of hydrogen-bond donors (Lipinski definition) is 1. The van der Waals surface area contributed by atoms with Crippen LogP contribution in [0.25, 0.3) is 0 Å². The molecule has 2 aliphatic carbocycles. The van der Waals surface area contributed by atoms with E-state index in [1.54, 1.807) is 0 Å². The molecule has 0 unspecified atom stereocenters. The summed E-state index contributed by atoms with van der Waals surface area (Å²) in [7, 11) is 0. The SMILES string of the molecule is O=C(NCc1ccc(Cl)c(C(F)(F)F)c1)[C@H]1CC=C[C@H]2CCN(C3CCCCC3)C(=O)[C@@H]12. The zero-order chi connectivity index (χ0) is 22.9. The number of carbonyl (C=O) groups excluding carboxylic acids is 2. The molecule has 4 rings (SSSR count). The number of piperidine rings is 1. The summed E-state index contributed by atoms with van der Waals surface area (Å²) < 4.78 is 39.3. The molecule has 2 fully saturated rings. The Morgan fingerprint density at radius 3 is 2.62 bits per heavy atom. The number of allylic oxidation sites excluding steroid dienone is 2. The average molecular weight is 469 g/mol. The molecule has 1 aromatic carbocycles. The molecule has 3 aliphatic rings. The topological polar surface area (TPSA) is 49.4 Å². The van der Waals surface area contributed by atoms with E-state index in [2.05, 4.69) is 11.4 Å². The molecule has 32 heavy (non-hydrogen) atoms. The van der Waals surface area contributed by atoms with Crippen LogP contribution in [0.5, 0.6) is 0 Å². The van der Waals surface area contributed by atoms with Crippen molar-refractivity contribution in [3.8, 4) is 0 Å². The van der Waals surface area contributed by atoms with E-state index in [1.165, 1.54) is 18.6 Å². The van der Waals surface area contributed by atoms with Crippen molar-refractivity contribution in [3.05, 3.63) is 46.5 Å². The summed E-state index contributed by atoms with van der Waals surface area (Å²) in [6, 6.07) is 3.89. The lowest BCUT2D eigenvalue weighted by molar-refractivity contribution is -0.150. The third-order valence-corrected chi connectivity index (χ3v) is 7.42. The van der Waals surface area contributed by atoms with E-state index in [0.29, 0.717) is 12.0 Å². The maximum Gasteiger partial charge on any atom is 0.417 e. The summed E-state index contributed by atoms with van der Waals surface area (Å²) >= 11 is 5.68. The predicted molar refractivity (Wildman–Crippen MR) is 116 cm³/mol. The molecule has 2 amide bonds. The van der Waals surface area contributed by atoms with Crippen LogP contribution < -0.4 is 5.32 Å². The Hall–Kier alpha value is -2.02. The van der Waals surface area contributed by atoms with E-state index >= 15 is 0 Å². The molecule has 1 N–H and O–H groups in total. The number of nitrogens with one attached hydrogen (secondary N) is 1. The van der Waals surface area contributed by atoms with Crippen molar-refractivity contribution in [2.24, 2.45) is 17.8 Å². The number of nitrogens with zero attached hydrogens (tertiary/aromatic N) is 1. The highest BCUT2D eigenvalue weighted by Gasteiger charge is 2.46. The summed E-state index contributed by atoms with van der Waals surface area (Å²) in [5, 5.41) is 2.39. The Morgan fingerprint density at radius 2 is 1.91 bits per heavy atom. The molecule has 1 saturated heterocycles. The second kappa shape index (κ2) is 9.46. The first-order valence-corrected chi connectivity index (χ1v) is 11.7. The maximum absolute atomic E-state index is 13.4. The lowest BCUT2D eigenvalue weighted by atomic mass is 9.70. The largest absolute Gasteiger partial charge is 0.417 e. The number of carbonyl (C=O) groups is 2. The zero-order valence-electron chi connectivity index (χ0n) is 17.8. The number of benzene rings is 1. The van der Waals surface area contributed by atoms with E-state index in [4.69, 9.17) is 11.6 Å². The summed E-state index contributed by atoms with van der Waals surface area (Å²) in [6.07, 6.45) is 6.28. The van der Waals surface area contributed by atoms with Gasteiger partial charge in [-0.15, -0.1) is 0 Å². The Balaban J connectivity index is 1.45. The molecule has 0 spiro atoms. The summed E-state index contributed by atoms with van der Waals surface area (Å²) in [4.78, 5) is 28.4. The van der Waals surface area contributed by atoms with Crippen LogP contribution in [0.15, 0.2) is 30.4 Å². The van der Waals surface area contributed by atoms with Gasteiger partial charge in [-0.2, -0.15) is 13.2 Å². The van der Waals surface area contributed by atoms with E-state index in [9.17, 15) is 22.8 Å². The van der Waals surface area contributed by atoms with E-state index in [0.717, 1.165) is 44.7 Å². The van der Waals surface area contributed by atoms with Gasteiger partial charge < -0.3 is 10.2 Å². The molecule has 1 aliphatic heterocycles. The normalized spacial score (nSPS) is 26.7. The van der Waals surface area contributed by atoms with Crippen molar-refractivity contribution in [3.63, 3.8) is 0 Å². The van der Waals surface area contributed by atoms with Gasteiger partial charge in [-0.3, -0.25) is 9.59 Å². The molecular formula is C24H28ClF3N2O2. The molecule has 1 aromatic rings. The van der Waals surface area contributed by atoms with Gasteiger partial charge >= 0.3 is 6.18 Å². The molecule has 8 heteroatoms. The lowest BCUT2D eigenvalue weighted by Gasteiger charge is -2.45. The predicted octanol–water partition coefficient (Wildman–Crippen LogP) is 5.35. The fourth-order valence-corrected chi connectivity index (χ4v) is 5.66. The first-order chi connectivity index (χ1) is 15.3. The van der Waals surface area contributed by atoms with Crippen LogP contribution >= 0.6 is 11.6 Å². The minimum absolute atomic E-state index is 0.0409. The van der Waals surface area contributed by atoms with Crippen molar-refractivity contribution in [2.75, 3.05) is 6.54 Å². The number of alkyl halides is 3. The molecule has 174 valence electrons. The minimum atomic E-state index is -4.56. The number of hydrogen-bond acceptors (Lipinski definition) is 2. The van der Waals surface area contributed by atoms with E-state index in [1.807, 2.05) is 11.0 Å². The van der Waals surface area contributed by atoms with Crippen LogP contribution in [0, 0.1) is 17.8 Å². The molecule has 1 heterocycles. The second-order valence-corrected chi connectivity index (χ2v) is 9.51. The molecule has 0 radical (unpaired) electrons. The highest BCUT2D eigenvalue weighted by atomic mass is 35.5. The van der Waals surface area contributed by atoms with Crippen LogP contribution in [0.3, 0.4) is 0 Å². The number of halogens is 4. The van der Waals surface area contributed by atoms with Crippen LogP contribution in [0.4, 0.5) is 13.2 Å². The van der Waals surface area contributed by atoms with Crippen LogP contribution in [-0.4, -0.2) is 29.3 Å². The van der Waals surface area contributed by atoms with E-state index in [-0.39, 0.29) is 35.3 Å². The fourth-order valence-electron chi connectivity index (χ4n) is 5.43. The van der Waals surface area contributed by atoms with Gasteiger partial charge in [0.15, 0.2) is 0 Å². The average Bonchev–Trinajstić information content (AvgIpc) is 2.78. The third kappa shape index (κ3) is 4.82. The van der Waals surface area contributed by atoms with Gasteiger partial charge in [-0.1, -0.05) is 49.1 Å². The zero-order valence-corrected chi connectivity index (χ0v) is 18.6. The maximum atomic E-state index is 13.4. The van der Waals surface area contributed by atoms with Crippen LogP contribution in [0.1, 0.15) is 56.1 Å². The standard InChI is InChI=1S/C24H28ClF3N2O2/c25-20-10-9-15(13-19(20)24(26,27)28)14-29-22(31)18-8-4-5-16-11-12-30(23(32)21(16)18)17-6-2-1-3-7-17/h4-5,9-10,13,16-18,21H,1-3,6-8,11-12,14H2,(H,29,31)/t16-,18-,21+/m0/s1. The van der Waals surface area contributed by atoms with Gasteiger partial charge in [-0.25, -0.2) is 0 Å². The van der Waals surface area contributed by atoms with Gasteiger partial charge in [0.1, 0.15) is 0 Å². The number of rotatable bonds is 4. The number of fused-ring (bicyclic) bond motifs is 1. The van der Waals surface area contributed by atoms with Crippen molar-refractivity contribution < 1.29 is 22.8 Å². The fraction of sp³-hybridized carbons (Fsp3) is 0.583. The van der Waals surface area contributed by atoms with Crippen molar-refractivity contribution in [1.29, 1.82) is 0 Å². The molecule has 3 atom stereocenters. The Labute approximate surface area is 191 Å². The molecule has 4 nitrogen and oxygen atoms in total. The molecule has 0 aromatic heterocycles. The van der Waals surface area contributed by atoms with Crippen molar-refractivity contribution >= 4 is 23.4 Å². The Kier molecular flexibility index (Phi) is 6.84. The van der Waals surface area contributed by atoms with Crippen LogP contribution in [0.2, 0.25) is 5.02 Å². The van der Waals surface area contributed by atoms with Gasteiger partial charge in [0.05, 0.1) is 22.4 Å². The Morgan fingerprint density at radius 1 is 1.16 bits per heavy atom. The number of amides is 2. The van der Waals surface area contributed by atoms with Gasteiger partial charge in [0.2, 0.25) is 11.8 Å². The van der Waals surface area contributed by atoms with Crippen LogP contribution in [-0.2, 0) is 22.3 Å². The van der Waals surface area contributed by atoms with E-state index < -0.39 is 23.6 Å². The summed E-state index contributed by atoms with van der Waals surface area (Å²) in [6.45, 7) is 0.686. The van der Waals surface area contributed by atoms with Crippen molar-refractivity contribution in [1.82, 2.24) is 10.2 Å². The minimum Gasteiger partial charge on any atom is -0.352 e. The first-order valence-electron chi connectivity index (χ1n) is 11.4. The van der Waals surface area contributed by atoms with Gasteiger partial charge in [0.25, 0.3) is 0 Å². The smallest absolute Gasteiger partial charge is 0.352 e. The van der Waals surface area contributed by atoms with Gasteiger partial charge in [-0.05, 0) is 49.3 Å². The molecule has 1 saturated carbocycles. The summed E-state index contributed by atoms with van der Waals surface area (Å²) in [5.74, 6) is -1.08. The monoisotopic (exact) mass is 468 g/mol.